The van der Waals surface area contributed by atoms with E-state index in [0.29, 0.717) is 6.20 Å². The lowest BCUT2D eigenvalue weighted by molar-refractivity contribution is -0.00898. The van der Waals surface area contributed by atoms with E-state index in [-0.39, 0.29) is 12.6 Å². The molecule has 1 aromatic heterocycles. The Balaban J connectivity index is 2.25. The summed E-state index contributed by atoms with van der Waals surface area (Å²) >= 11 is 0. The first kappa shape index (κ1) is 14.1. The fourth-order valence-corrected chi connectivity index (χ4v) is 2.68. The molecule has 2 heterocycles. The van der Waals surface area contributed by atoms with E-state index in [1.165, 1.54) is 0 Å². The molecule has 2 rings (SSSR count). The van der Waals surface area contributed by atoms with Crippen molar-refractivity contribution < 1.29 is 19.1 Å². The third-order valence-electron chi connectivity index (χ3n) is 2.83. The molecule has 0 aliphatic carbocycles. The van der Waals surface area contributed by atoms with Crippen LogP contribution in [0.1, 0.15) is 12.6 Å². The Morgan fingerprint density at radius 1 is 1.63 bits per heavy atom. The summed E-state index contributed by atoms with van der Waals surface area (Å²) in [4.78, 5) is 33.2. The van der Waals surface area contributed by atoms with Crippen molar-refractivity contribution in [1.82, 2.24) is 9.55 Å². The van der Waals surface area contributed by atoms with Crippen LogP contribution in [0.3, 0.4) is 0 Å². The van der Waals surface area contributed by atoms with Crippen LogP contribution in [-0.4, -0.2) is 37.9 Å². The van der Waals surface area contributed by atoms with E-state index in [1.54, 1.807) is 4.98 Å². The van der Waals surface area contributed by atoms with Crippen molar-refractivity contribution in [2.24, 2.45) is 0 Å². The van der Waals surface area contributed by atoms with E-state index < -0.39 is 43.4 Å². The van der Waals surface area contributed by atoms with Crippen molar-refractivity contribution in [2.45, 2.75) is 24.9 Å². The monoisotopic (exact) mass is 293 g/mol. The predicted molar refractivity (Wildman–Crippen MR) is 63.9 cm³/mol. The Morgan fingerprint density at radius 3 is 2.95 bits per heavy atom. The highest BCUT2D eigenvalue weighted by atomic mass is 31.1. The zero-order valence-electron chi connectivity index (χ0n) is 9.67. The maximum Gasteiger partial charge on any atom is 0.330 e. The average molecular weight is 293 g/mol. The van der Waals surface area contributed by atoms with Crippen molar-refractivity contribution in [3.8, 4) is 0 Å². The number of halogens is 1. The zero-order chi connectivity index (χ0) is 14.2. The van der Waals surface area contributed by atoms with Crippen LogP contribution in [0.4, 0.5) is 4.39 Å². The molecule has 0 bridgehead atoms. The Bertz CT molecular complexity index is 615. The standard InChI is InChI=1S/C9H13FN3O5P/c10-4-2-13(9(16)12-8(4)15)7-1-5(14)6(18-7)3-19(11)17/h2,5-7,14,19H,1,3H2,(H2,11,17)(H,12,15,16). The molecule has 4 N–H and O–H groups in total. The number of H-pyrrole nitrogens is 1. The maximum atomic E-state index is 13.1. The van der Waals surface area contributed by atoms with Crippen LogP contribution in [0.25, 0.3) is 0 Å². The third kappa shape index (κ3) is 3.01. The molecular formula is C9H13FN3O5P. The first-order valence-corrected chi connectivity index (χ1v) is 7.15. The molecule has 0 amide bonds. The Morgan fingerprint density at radius 2 is 2.32 bits per heavy atom. The van der Waals surface area contributed by atoms with Gasteiger partial charge in [0.2, 0.25) is 5.82 Å². The molecular weight excluding hydrogens is 280 g/mol. The first-order chi connectivity index (χ1) is 8.88. The van der Waals surface area contributed by atoms with Gasteiger partial charge in [-0.25, -0.2) is 4.79 Å². The second-order valence-electron chi connectivity index (χ2n) is 4.23. The summed E-state index contributed by atoms with van der Waals surface area (Å²) in [5.41, 5.74) is -1.96. The molecule has 106 valence electrons. The fraction of sp³-hybridized carbons (Fsp3) is 0.556. The van der Waals surface area contributed by atoms with Crippen molar-refractivity contribution in [2.75, 3.05) is 6.16 Å². The number of aliphatic hydroxyl groups is 1. The molecule has 4 atom stereocenters. The summed E-state index contributed by atoms with van der Waals surface area (Å²) < 4.78 is 19.3. The van der Waals surface area contributed by atoms with Crippen molar-refractivity contribution in [3.63, 3.8) is 0 Å². The number of nitrogens with one attached hydrogen (secondary N) is 2. The van der Waals surface area contributed by atoms with Gasteiger partial charge >= 0.3 is 5.69 Å². The number of ether oxygens (including phenoxy) is 1. The molecule has 19 heavy (non-hydrogen) atoms. The molecule has 1 aliphatic rings. The number of aromatic nitrogens is 2. The first-order valence-electron chi connectivity index (χ1n) is 5.49. The van der Waals surface area contributed by atoms with Crippen LogP contribution in [-0.2, 0) is 4.74 Å². The Labute approximate surface area is 106 Å². The highest BCUT2D eigenvalue weighted by molar-refractivity contribution is 7.39. The average Bonchev–Trinajstić information content (AvgIpc) is 2.64. The smallest absolute Gasteiger partial charge is 0.330 e. The minimum Gasteiger partial charge on any atom is -0.390 e. The molecule has 0 radical (unpaired) electrons. The summed E-state index contributed by atoms with van der Waals surface area (Å²) in [6.45, 7) is 0. The second kappa shape index (κ2) is 5.38. The molecule has 1 aliphatic heterocycles. The SMILES string of the molecule is N=[PH](O)CC1OC(n2cc(F)c(=O)[nH]c2=O)CC1O. The number of aliphatic hydroxyl groups excluding tert-OH is 1. The van der Waals surface area contributed by atoms with Gasteiger partial charge in [-0.15, -0.1) is 0 Å². The minimum atomic E-state index is -2.33. The summed E-state index contributed by atoms with van der Waals surface area (Å²) in [6.07, 6.45) is -1.95. The van der Waals surface area contributed by atoms with E-state index in [2.05, 4.69) is 0 Å². The van der Waals surface area contributed by atoms with Gasteiger partial charge in [-0.3, -0.25) is 19.5 Å². The molecule has 8 nitrogen and oxygen atoms in total. The highest BCUT2D eigenvalue weighted by Crippen LogP contribution is 2.32. The summed E-state index contributed by atoms with van der Waals surface area (Å²) in [5, 5.41) is 16.8. The van der Waals surface area contributed by atoms with Gasteiger partial charge in [0.05, 0.1) is 26.3 Å². The van der Waals surface area contributed by atoms with Crippen LogP contribution in [0.5, 0.6) is 0 Å². The largest absolute Gasteiger partial charge is 0.390 e. The Hall–Kier alpha value is -1.28. The molecule has 10 heteroatoms. The zero-order valence-corrected chi connectivity index (χ0v) is 10.7. The maximum absolute atomic E-state index is 13.1. The van der Waals surface area contributed by atoms with Crippen molar-refractivity contribution in [1.29, 1.82) is 5.16 Å². The topological polar surface area (TPSA) is 128 Å². The van der Waals surface area contributed by atoms with Gasteiger partial charge in [-0.1, -0.05) is 0 Å². The second-order valence-corrected chi connectivity index (χ2v) is 5.53. The quantitative estimate of drug-likeness (QED) is 0.543. The molecule has 0 aromatic carbocycles. The summed E-state index contributed by atoms with van der Waals surface area (Å²) in [7, 11) is -2.33. The number of hydrogen-bond donors (Lipinski definition) is 4. The lowest BCUT2D eigenvalue weighted by Crippen LogP contribution is -2.34. The lowest BCUT2D eigenvalue weighted by atomic mass is 10.2. The lowest BCUT2D eigenvalue weighted by Gasteiger charge is -2.15. The Kier molecular flexibility index (Phi) is 4.00. The number of hydrogen-bond acceptors (Lipinski definition) is 5. The molecule has 4 unspecified atom stereocenters. The van der Waals surface area contributed by atoms with E-state index in [0.717, 1.165) is 4.57 Å². The molecule has 1 saturated heterocycles. The summed E-state index contributed by atoms with van der Waals surface area (Å²) in [6, 6.07) is 0. The van der Waals surface area contributed by atoms with Gasteiger partial charge in [0.25, 0.3) is 5.56 Å². The van der Waals surface area contributed by atoms with E-state index in [4.69, 9.17) is 14.8 Å². The highest BCUT2D eigenvalue weighted by Gasteiger charge is 2.35. The van der Waals surface area contributed by atoms with Gasteiger partial charge in [-0.05, 0) is 0 Å². The minimum absolute atomic E-state index is 0.0191. The van der Waals surface area contributed by atoms with Crippen LogP contribution in [0.15, 0.2) is 15.8 Å². The fourth-order valence-electron chi connectivity index (χ4n) is 1.93. The van der Waals surface area contributed by atoms with Crippen LogP contribution >= 0.6 is 7.94 Å². The normalized spacial score (nSPS) is 28.5. The van der Waals surface area contributed by atoms with Crippen molar-refractivity contribution in [3.05, 3.63) is 32.9 Å². The summed E-state index contributed by atoms with van der Waals surface area (Å²) in [5.74, 6) is -1.13. The molecule has 1 aromatic rings. The predicted octanol–water partition coefficient (Wildman–Crippen LogP) is -0.792. The van der Waals surface area contributed by atoms with Crippen LogP contribution in [0, 0.1) is 11.0 Å². The van der Waals surface area contributed by atoms with Crippen LogP contribution in [0.2, 0.25) is 0 Å². The van der Waals surface area contributed by atoms with Gasteiger partial charge in [0, 0.05) is 12.6 Å². The number of nitrogens with zero attached hydrogens (tertiary/aromatic N) is 1. The van der Waals surface area contributed by atoms with Gasteiger partial charge < -0.3 is 14.7 Å². The van der Waals surface area contributed by atoms with Gasteiger partial charge in [-0.2, -0.15) is 4.39 Å². The van der Waals surface area contributed by atoms with Gasteiger partial charge in [0.1, 0.15) is 6.23 Å². The molecule has 1 fully saturated rings. The molecule has 0 saturated carbocycles. The third-order valence-corrected chi connectivity index (χ3v) is 3.62. The van der Waals surface area contributed by atoms with E-state index in [1.807, 2.05) is 0 Å². The van der Waals surface area contributed by atoms with E-state index >= 15 is 0 Å². The van der Waals surface area contributed by atoms with Crippen LogP contribution < -0.4 is 11.2 Å². The van der Waals surface area contributed by atoms with E-state index in [9.17, 15) is 19.1 Å². The van der Waals surface area contributed by atoms with Crippen molar-refractivity contribution >= 4 is 7.94 Å². The van der Waals surface area contributed by atoms with Gasteiger partial charge in [0.15, 0.2) is 0 Å². The number of rotatable bonds is 3. The number of aromatic amines is 1. The molecule has 0 spiro atoms.